The van der Waals surface area contributed by atoms with Crippen molar-refractivity contribution in [1.29, 1.82) is 0 Å². The molecule has 0 aliphatic carbocycles. The molecule has 0 saturated carbocycles. The molecular formula is C14H17ClFNO. The number of carbonyl (C=O) groups excluding carboxylic acids is 1. The first-order chi connectivity index (χ1) is 8.45. The summed E-state index contributed by atoms with van der Waals surface area (Å²) in [6.45, 7) is 4.22. The molecule has 1 aromatic rings. The summed E-state index contributed by atoms with van der Waals surface area (Å²) in [5, 5.41) is 3.35. The largest absolute Gasteiger partial charge is 0.353 e. The number of amides is 1. The molecule has 18 heavy (non-hydrogen) atoms. The van der Waals surface area contributed by atoms with Crippen LogP contribution in [0.1, 0.15) is 38.2 Å². The van der Waals surface area contributed by atoms with E-state index in [2.05, 4.69) is 19.2 Å². The average Bonchev–Trinajstić information content (AvgIpc) is 2.56. The van der Waals surface area contributed by atoms with Gasteiger partial charge in [-0.25, -0.2) is 4.39 Å². The predicted octanol–water partition coefficient (Wildman–Crippen LogP) is 3.50. The van der Waals surface area contributed by atoms with Crippen molar-refractivity contribution < 1.29 is 9.18 Å². The zero-order chi connectivity index (χ0) is 13.3. The van der Waals surface area contributed by atoms with Gasteiger partial charge in [-0.3, -0.25) is 4.79 Å². The van der Waals surface area contributed by atoms with Crippen molar-refractivity contribution in [2.75, 3.05) is 0 Å². The van der Waals surface area contributed by atoms with E-state index < -0.39 is 0 Å². The van der Waals surface area contributed by atoms with E-state index >= 15 is 0 Å². The second kappa shape index (κ2) is 5.27. The van der Waals surface area contributed by atoms with Gasteiger partial charge in [-0.2, -0.15) is 0 Å². The molecule has 1 heterocycles. The Morgan fingerprint density at radius 1 is 1.44 bits per heavy atom. The molecule has 0 spiro atoms. The van der Waals surface area contributed by atoms with E-state index in [-0.39, 0.29) is 23.7 Å². The monoisotopic (exact) mass is 269 g/mol. The molecule has 1 saturated heterocycles. The number of hydrogen-bond acceptors (Lipinski definition) is 1. The lowest BCUT2D eigenvalue weighted by Gasteiger charge is -2.21. The zero-order valence-electron chi connectivity index (χ0n) is 10.5. The molecule has 2 atom stereocenters. The summed E-state index contributed by atoms with van der Waals surface area (Å²) < 4.78 is 13.4. The smallest absolute Gasteiger partial charge is 0.220 e. The second-order valence-corrected chi connectivity index (χ2v) is 5.75. The van der Waals surface area contributed by atoms with E-state index in [1.165, 1.54) is 12.1 Å². The van der Waals surface area contributed by atoms with Crippen LogP contribution in [0.3, 0.4) is 0 Å². The summed E-state index contributed by atoms with van der Waals surface area (Å²) >= 11 is 5.87. The molecule has 98 valence electrons. The van der Waals surface area contributed by atoms with Gasteiger partial charge in [0.15, 0.2) is 0 Å². The first-order valence-electron chi connectivity index (χ1n) is 6.21. The molecule has 1 aliphatic rings. The van der Waals surface area contributed by atoms with E-state index in [1.54, 1.807) is 6.07 Å². The Labute approximate surface area is 112 Å². The Morgan fingerprint density at radius 3 is 2.78 bits per heavy atom. The van der Waals surface area contributed by atoms with E-state index in [1.807, 2.05) is 0 Å². The van der Waals surface area contributed by atoms with Crippen LogP contribution in [0.5, 0.6) is 0 Å². The lowest BCUT2D eigenvalue weighted by molar-refractivity contribution is -0.119. The van der Waals surface area contributed by atoms with Crippen molar-refractivity contribution in [3.8, 4) is 0 Å². The van der Waals surface area contributed by atoms with Crippen molar-refractivity contribution in [3.05, 3.63) is 34.6 Å². The third-order valence-corrected chi connectivity index (χ3v) is 3.49. The normalized spacial score (nSPS) is 23.5. The molecule has 2 unspecified atom stereocenters. The topological polar surface area (TPSA) is 29.1 Å². The predicted molar refractivity (Wildman–Crippen MR) is 70.2 cm³/mol. The molecule has 1 fully saturated rings. The van der Waals surface area contributed by atoms with Gasteiger partial charge >= 0.3 is 0 Å². The van der Waals surface area contributed by atoms with Crippen molar-refractivity contribution in [1.82, 2.24) is 5.32 Å². The average molecular weight is 270 g/mol. The van der Waals surface area contributed by atoms with Crippen molar-refractivity contribution in [3.63, 3.8) is 0 Å². The van der Waals surface area contributed by atoms with E-state index in [0.717, 1.165) is 12.0 Å². The fourth-order valence-corrected chi connectivity index (χ4v) is 2.81. The summed E-state index contributed by atoms with van der Waals surface area (Å²) in [6.07, 6.45) is 1.31. The molecule has 2 nitrogen and oxygen atoms in total. The number of halogens is 2. The number of benzene rings is 1. The highest BCUT2D eigenvalue weighted by atomic mass is 35.5. The summed E-state index contributed by atoms with van der Waals surface area (Å²) in [5.74, 6) is 0.194. The highest BCUT2D eigenvalue weighted by Crippen LogP contribution is 2.33. The minimum Gasteiger partial charge on any atom is -0.353 e. The minimum atomic E-state index is -0.347. The summed E-state index contributed by atoms with van der Waals surface area (Å²) in [5.41, 5.74) is 0.809. The third kappa shape index (κ3) is 3.02. The lowest BCUT2D eigenvalue weighted by atomic mass is 9.87. The van der Waals surface area contributed by atoms with Gasteiger partial charge in [0.2, 0.25) is 5.91 Å². The Hall–Kier alpha value is -1.09. The molecule has 1 N–H and O–H groups in total. The molecule has 1 aliphatic heterocycles. The minimum absolute atomic E-state index is 0.0214. The highest BCUT2D eigenvalue weighted by molar-refractivity contribution is 6.30. The van der Waals surface area contributed by atoms with Gasteiger partial charge in [-0.15, -0.1) is 0 Å². The Morgan fingerprint density at radius 2 is 2.17 bits per heavy atom. The van der Waals surface area contributed by atoms with Gasteiger partial charge in [-0.05, 0) is 36.1 Å². The number of rotatable bonds is 3. The first kappa shape index (κ1) is 13.3. The van der Waals surface area contributed by atoms with Crippen LogP contribution in [-0.4, -0.2) is 11.9 Å². The van der Waals surface area contributed by atoms with Gasteiger partial charge in [0.1, 0.15) is 5.82 Å². The van der Waals surface area contributed by atoms with E-state index in [4.69, 9.17) is 11.6 Å². The summed E-state index contributed by atoms with van der Waals surface area (Å²) in [7, 11) is 0. The lowest BCUT2D eigenvalue weighted by Crippen LogP contribution is -2.29. The van der Waals surface area contributed by atoms with Gasteiger partial charge in [-0.1, -0.05) is 25.4 Å². The second-order valence-electron chi connectivity index (χ2n) is 5.32. The number of nitrogens with one attached hydrogen (secondary N) is 1. The maximum absolute atomic E-state index is 13.4. The highest BCUT2D eigenvalue weighted by Gasteiger charge is 2.33. The Kier molecular flexibility index (Phi) is 3.91. The molecular weight excluding hydrogens is 253 g/mol. The molecule has 0 aromatic heterocycles. The SMILES string of the molecule is CC(C)CC1NC(=O)CC1c1cc(F)cc(Cl)c1. The number of carbonyl (C=O) groups is 1. The third-order valence-electron chi connectivity index (χ3n) is 3.28. The maximum atomic E-state index is 13.4. The Bertz CT molecular complexity index is 441. The first-order valence-corrected chi connectivity index (χ1v) is 6.59. The van der Waals surface area contributed by atoms with Crippen molar-refractivity contribution in [2.24, 2.45) is 5.92 Å². The van der Waals surface area contributed by atoms with Gasteiger partial charge in [0.25, 0.3) is 0 Å². The zero-order valence-corrected chi connectivity index (χ0v) is 11.3. The van der Waals surface area contributed by atoms with Crippen LogP contribution in [0, 0.1) is 11.7 Å². The molecule has 0 bridgehead atoms. The summed E-state index contributed by atoms with van der Waals surface area (Å²) in [4.78, 5) is 11.6. The van der Waals surface area contributed by atoms with Crippen LogP contribution in [-0.2, 0) is 4.79 Å². The molecule has 2 rings (SSSR count). The summed E-state index contributed by atoms with van der Waals surface area (Å²) in [6, 6.07) is 4.59. The van der Waals surface area contributed by atoms with Crippen LogP contribution in [0.25, 0.3) is 0 Å². The molecule has 1 aromatic carbocycles. The maximum Gasteiger partial charge on any atom is 0.220 e. The van der Waals surface area contributed by atoms with Crippen LogP contribution < -0.4 is 5.32 Å². The standard InChI is InChI=1S/C14H17ClFNO/c1-8(2)3-13-12(7-14(18)17-13)9-4-10(15)6-11(16)5-9/h4-6,8,12-13H,3,7H2,1-2H3,(H,17,18). The van der Waals surface area contributed by atoms with Crippen molar-refractivity contribution >= 4 is 17.5 Å². The quantitative estimate of drug-likeness (QED) is 0.894. The van der Waals surface area contributed by atoms with Crippen LogP contribution in [0.15, 0.2) is 18.2 Å². The van der Waals surface area contributed by atoms with Gasteiger partial charge in [0, 0.05) is 23.4 Å². The number of hydrogen-bond donors (Lipinski definition) is 1. The van der Waals surface area contributed by atoms with Crippen molar-refractivity contribution in [2.45, 2.75) is 38.6 Å². The van der Waals surface area contributed by atoms with Crippen LogP contribution in [0.4, 0.5) is 4.39 Å². The molecule has 0 radical (unpaired) electrons. The molecule has 4 heteroatoms. The van der Waals surface area contributed by atoms with E-state index in [0.29, 0.717) is 17.4 Å². The van der Waals surface area contributed by atoms with E-state index in [9.17, 15) is 9.18 Å². The molecule has 1 amide bonds. The Balaban J connectivity index is 2.26. The van der Waals surface area contributed by atoms with Gasteiger partial charge in [0.05, 0.1) is 0 Å². The fraction of sp³-hybridized carbons (Fsp3) is 0.500. The van der Waals surface area contributed by atoms with Crippen LogP contribution >= 0.6 is 11.6 Å². The fourth-order valence-electron chi connectivity index (χ4n) is 2.58. The van der Waals surface area contributed by atoms with Crippen LogP contribution in [0.2, 0.25) is 5.02 Å². The van der Waals surface area contributed by atoms with Gasteiger partial charge < -0.3 is 5.32 Å².